The van der Waals surface area contributed by atoms with E-state index in [0.717, 1.165) is 25.0 Å². The molecule has 1 saturated carbocycles. The van der Waals surface area contributed by atoms with Crippen molar-refractivity contribution in [2.75, 3.05) is 40.5 Å². The standard InChI is InChI=1S/C10H19NO2/c1-11-6-8-5-9(7-11)10(8)13-4-3-12-2/h8-10H,3-7H2,1-2H3. The minimum absolute atomic E-state index is 0.534. The maximum absolute atomic E-state index is 5.78. The second-order valence-corrected chi connectivity index (χ2v) is 4.31. The smallest absolute Gasteiger partial charge is 0.0704 e. The Hall–Kier alpha value is -0.120. The van der Waals surface area contributed by atoms with Crippen molar-refractivity contribution in [1.82, 2.24) is 4.90 Å². The average molecular weight is 185 g/mol. The summed E-state index contributed by atoms with van der Waals surface area (Å²) in [5.41, 5.74) is 0. The topological polar surface area (TPSA) is 21.7 Å². The number of nitrogens with zero attached hydrogens (tertiary/aromatic N) is 1. The first-order chi connectivity index (χ1) is 6.31. The van der Waals surface area contributed by atoms with Gasteiger partial charge in [-0.25, -0.2) is 0 Å². The van der Waals surface area contributed by atoms with Crippen LogP contribution in [0.3, 0.4) is 0 Å². The lowest BCUT2D eigenvalue weighted by Crippen LogP contribution is -2.58. The Kier molecular flexibility index (Phi) is 2.86. The first-order valence-electron chi connectivity index (χ1n) is 5.10. The van der Waals surface area contributed by atoms with Gasteiger partial charge in [-0.1, -0.05) is 0 Å². The van der Waals surface area contributed by atoms with Gasteiger partial charge in [0.05, 0.1) is 19.3 Å². The highest BCUT2D eigenvalue weighted by Crippen LogP contribution is 2.41. The van der Waals surface area contributed by atoms with Crippen LogP contribution in [0.2, 0.25) is 0 Å². The van der Waals surface area contributed by atoms with Gasteiger partial charge in [-0.05, 0) is 25.3 Å². The molecule has 1 aliphatic carbocycles. The van der Waals surface area contributed by atoms with Crippen molar-refractivity contribution in [3.63, 3.8) is 0 Å². The van der Waals surface area contributed by atoms with Crippen molar-refractivity contribution in [3.8, 4) is 0 Å². The third kappa shape index (κ3) is 1.87. The van der Waals surface area contributed by atoms with E-state index in [1.54, 1.807) is 7.11 Å². The van der Waals surface area contributed by atoms with Crippen molar-refractivity contribution < 1.29 is 9.47 Å². The van der Waals surface area contributed by atoms with Crippen LogP contribution >= 0.6 is 0 Å². The molecule has 2 unspecified atom stereocenters. The fraction of sp³-hybridized carbons (Fsp3) is 1.00. The molecular weight excluding hydrogens is 166 g/mol. The van der Waals surface area contributed by atoms with E-state index in [2.05, 4.69) is 11.9 Å². The molecule has 3 fully saturated rings. The fourth-order valence-electron chi connectivity index (χ4n) is 2.62. The highest BCUT2D eigenvalue weighted by Gasteiger charge is 2.46. The van der Waals surface area contributed by atoms with Gasteiger partial charge in [-0.3, -0.25) is 0 Å². The number of ether oxygens (including phenoxy) is 2. The predicted molar refractivity (Wildman–Crippen MR) is 50.7 cm³/mol. The molecule has 0 radical (unpaired) electrons. The minimum Gasteiger partial charge on any atom is -0.382 e. The summed E-state index contributed by atoms with van der Waals surface area (Å²) in [5.74, 6) is 1.58. The molecular formula is C10H19NO2. The van der Waals surface area contributed by atoms with Gasteiger partial charge in [0, 0.05) is 20.2 Å². The summed E-state index contributed by atoms with van der Waals surface area (Å²) in [5, 5.41) is 0. The molecule has 2 atom stereocenters. The van der Waals surface area contributed by atoms with Crippen LogP contribution in [0.1, 0.15) is 6.42 Å². The lowest BCUT2D eigenvalue weighted by Gasteiger charge is -2.52. The average Bonchev–Trinajstić information content (AvgIpc) is 2.12. The number of hydrogen-bond acceptors (Lipinski definition) is 3. The number of rotatable bonds is 4. The Labute approximate surface area is 80.0 Å². The molecule has 13 heavy (non-hydrogen) atoms. The van der Waals surface area contributed by atoms with Gasteiger partial charge in [0.25, 0.3) is 0 Å². The molecule has 3 aliphatic rings. The number of hydrogen-bond donors (Lipinski definition) is 0. The SMILES string of the molecule is COCCOC1C2CC1CN(C)C2. The first kappa shape index (κ1) is 9.44. The van der Waals surface area contributed by atoms with Crippen LogP contribution in [0.15, 0.2) is 0 Å². The van der Waals surface area contributed by atoms with Crippen LogP contribution in [0.25, 0.3) is 0 Å². The van der Waals surface area contributed by atoms with Crippen molar-refractivity contribution in [2.45, 2.75) is 12.5 Å². The van der Waals surface area contributed by atoms with Crippen LogP contribution in [-0.2, 0) is 9.47 Å². The highest BCUT2D eigenvalue weighted by molar-refractivity contribution is 4.97. The Bertz CT molecular complexity index is 162. The molecule has 76 valence electrons. The molecule has 2 aliphatic heterocycles. The largest absolute Gasteiger partial charge is 0.382 e. The monoisotopic (exact) mass is 185 g/mol. The van der Waals surface area contributed by atoms with Gasteiger partial charge in [0.2, 0.25) is 0 Å². The molecule has 0 N–H and O–H groups in total. The third-order valence-corrected chi connectivity index (χ3v) is 3.22. The first-order valence-corrected chi connectivity index (χ1v) is 5.10. The molecule has 0 aromatic heterocycles. The van der Waals surface area contributed by atoms with Gasteiger partial charge < -0.3 is 14.4 Å². The summed E-state index contributed by atoms with van der Waals surface area (Å²) in [6.45, 7) is 3.92. The van der Waals surface area contributed by atoms with Crippen LogP contribution in [0, 0.1) is 11.8 Å². The van der Waals surface area contributed by atoms with E-state index in [4.69, 9.17) is 9.47 Å². The molecule has 2 saturated heterocycles. The summed E-state index contributed by atoms with van der Waals surface area (Å²) in [6, 6.07) is 0. The summed E-state index contributed by atoms with van der Waals surface area (Å²) < 4.78 is 10.8. The van der Waals surface area contributed by atoms with Crippen molar-refractivity contribution in [1.29, 1.82) is 0 Å². The Morgan fingerprint density at radius 2 is 1.92 bits per heavy atom. The lowest BCUT2D eigenvalue weighted by molar-refractivity contribution is -0.144. The summed E-state index contributed by atoms with van der Waals surface area (Å²) in [7, 11) is 3.92. The minimum atomic E-state index is 0.534. The van der Waals surface area contributed by atoms with Gasteiger partial charge in [-0.15, -0.1) is 0 Å². The van der Waals surface area contributed by atoms with E-state index in [1.807, 2.05) is 0 Å². The van der Waals surface area contributed by atoms with Gasteiger partial charge in [-0.2, -0.15) is 0 Å². The van der Waals surface area contributed by atoms with E-state index in [1.165, 1.54) is 19.5 Å². The lowest BCUT2D eigenvalue weighted by atomic mass is 9.68. The Morgan fingerprint density at radius 3 is 2.54 bits per heavy atom. The van der Waals surface area contributed by atoms with E-state index < -0.39 is 0 Å². The molecule has 3 nitrogen and oxygen atoms in total. The molecule has 3 heteroatoms. The predicted octanol–water partition coefficient (Wildman–Crippen LogP) is 0.600. The van der Waals surface area contributed by atoms with Gasteiger partial charge in [0.15, 0.2) is 0 Å². The van der Waals surface area contributed by atoms with E-state index in [0.29, 0.717) is 6.10 Å². The summed E-state index contributed by atoms with van der Waals surface area (Å²) in [4.78, 5) is 2.41. The van der Waals surface area contributed by atoms with E-state index in [9.17, 15) is 0 Å². The zero-order valence-electron chi connectivity index (χ0n) is 8.53. The van der Waals surface area contributed by atoms with Crippen LogP contribution in [0.4, 0.5) is 0 Å². The van der Waals surface area contributed by atoms with Crippen molar-refractivity contribution in [3.05, 3.63) is 0 Å². The summed E-state index contributed by atoms with van der Waals surface area (Å²) >= 11 is 0. The second kappa shape index (κ2) is 3.95. The maximum atomic E-state index is 5.78. The van der Waals surface area contributed by atoms with E-state index >= 15 is 0 Å². The van der Waals surface area contributed by atoms with Crippen LogP contribution in [0.5, 0.6) is 0 Å². The molecule has 0 spiro atoms. The number of methoxy groups -OCH3 is 1. The molecule has 2 bridgehead atoms. The van der Waals surface area contributed by atoms with Crippen molar-refractivity contribution in [2.24, 2.45) is 11.8 Å². The Morgan fingerprint density at radius 1 is 1.23 bits per heavy atom. The van der Waals surface area contributed by atoms with Crippen LogP contribution < -0.4 is 0 Å². The highest BCUT2D eigenvalue weighted by atomic mass is 16.5. The molecule has 0 amide bonds. The Balaban J connectivity index is 1.71. The fourth-order valence-corrected chi connectivity index (χ4v) is 2.62. The van der Waals surface area contributed by atoms with Gasteiger partial charge in [0.1, 0.15) is 0 Å². The zero-order chi connectivity index (χ0) is 9.26. The molecule has 0 aromatic rings. The normalized spacial score (nSPS) is 38.8. The quantitative estimate of drug-likeness (QED) is 0.599. The second-order valence-electron chi connectivity index (χ2n) is 4.31. The number of piperidine rings is 2. The maximum Gasteiger partial charge on any atom is 0.0704 e. The summed E-state index contributed by atoms with van der Waals surface area (Å²) in [6.07, 6.45) is 1.91. The van der Waals surface area contributed by atoms with E-state index in [-0.39, 0.29) is 0 Å². The van der Waals surface area contributed by atoms with Gasteiger partial charge >= 0.3 is 0 Å². The molecule has 0 aromatic carbocycles. The third-order valence-electron chi connectivity index (χ3n) is 3.22. The number of fused-ring (bicyclic) bond motifs is 2. The van der Waals surface area contributed by atoms with Crippen LogP contribution in [-0.4, -0.2) is 51.5 Å². The molecule has 3 rings (SSSR count). The van der Waals surface area contributed by atoms with Crippen molar-refractivity contribution >= 4 is 0 Å². The zero-order valence-corrected chi connectivity index (χ0v) is 8.53. The molecule has 2 heterocycles.